The maximum Gasteiger partial charge on any atom is 0.433 e. The van der Waals surface area contributed by atoms with Crippen molar-refractivity contribution < 1.29 is 30.7 Å². The van der Waals surface area contributed by atoms with Crippen molar-refractivity contribution in [3.8, 4) is 0 Å². The number of rotatable bonds is 8. The van der Waals surface area contributed by atoms with Crippen molar-refractivity contribution in [1.82, 2.24) is 19.0 Å². The van der Waals surface area contributed by atoms with Crippen LogP contribution < -0.4 is 21.9 Å². The van der Waals surface area contributed by atoms with Gasteiger partial charge in [-0.1, -0.05) is 42.5 Å². The van der Waals surface area contributed by atoms with Gasteiger partial charge in [0.15, 0.2) is 0 Å². The van der Waals surface area contributed by atoms with Crippen LogP contribution in [0.3, 0.4) is 0 Å². The topological polar surface area (TPSA) is 89.4 Å². The largest absolute Gasteiger partial charge is 0.433 e. The van der Waals surface area contributed by atoms with E-state index in [9.17, 15) is 40.3 Å². The van der Waals surface area contributed by atoms with E-state index in [4.69, 9.17) is 5.73 Å². The summed E-state index contributed by atoms with van der Waals surface area (Å²) in [5.41, 5.74) is 3.03. The van der Waals surface area contributed by atoms with Gasteiger partial charge in [0.25, 0.3) is 5.56 Å². The molecule has 0 spiro atoms. The second-order valence-electron chi connectivity index (χ2n) is 11.3. The molecular formula is C32H31F7N6O2. The first kappa shape index (κ1) is 33.9. The fourth-order valence-corrected chi connectivity index (χ4v) is 5.72. The van der Waals surface area contributed by atoms with E-state index in [0.717, 1.165) is 39.6 Å². The molecule has 0 radical (unpaired) electrons. The van der Waals surface area contributed by atoms with E-state index in [-0.39, 0.29) is 31.0 Å². The number of aromatic nitrogens is 3. The highest BCUT2D eigenvalue weighted by Gasteiger charge is 2.35. The van der Waals surface area contributed by atoms with E-state index in [1.807, 2.05) is 4.90 Å². The molecule has 8 nitrogen and oxygen atoms in total. The van der Waals surface area contributed by atoms with Crippen LogP contribution in [0.1, 0.15) is 39.7 Å². The lowest BCUT2D eigenvalue weighted by Crippen LogP contribution is -2.51. The molecule has 0 amide bonds. The summed E-state index contributed by atoms with van der Waals surface area (Å²) in [5.74, 6) is -1.15. The molecule has 0 aliphatic carbocycles. The normalized spacial score (nSPS) is 15.2. The Hall–Kier alpha value is -4.50. The zero-order valence-corrected chi connectivity index (χ0v) is 25.2. The number of halogens is 7. The Labute approximate surface area is 264 Å². The van der Waals surface area contributed by atoms with E-state index >= 15 is 0 Å². The summed E-state index contributed by atoms with van der Waals surface area (Å²) in [6.45, 7) is 1.87. The van der Waals surface area contributed by atoms with Crippen molar-refractivity contribution in [2.45, 2.75) is 45.0 Å². The summed E-state index contributed by atoms with van der Waals surface area (Å²) < 4.78 is 97.1. The predicted molar refractivity (Wildman–Crippen MR) is 160 cm³/mol. The molecule has 0 saturated carbocycles. The van der Waals surface area contributed by atoms with Crippen LogP contribution in [0.15, 0.2) is 76.4 Å². The number of anilines is 1. The lowest BCUT2D eigenvalue weighted by atomic mass is 10.1. The van der Waals surface area contributed by atoms with Crippen LogP contribution >= 0.6 is 0 Å². The Morgan fingerprint density at radius 1 is 0.830 bits per heavy atom. The van der Waals surface area contributed by atoms with Crippen molar-refractivity contribution in [2.24, 2.45) is 5.73 Å². The Balaban J connectivity index is 1.49. The highest BCUT2D eigenvalue weighted by molar-refractivity contribution is 5.50. The highest BCUT2D eigenvalue weighted by Crippen LogP contribution is 2.34. The third-order valence-electron chi connectivity index (χ3n) is 8.21. The molecule has 2 aromatic heterocycles. The van der Waals surface area contributed by atoms with Gasteiger partial charge in [0, 0.05) is 56.2 Å². The van der Waals surface area contributed by atoms with E-state index in [1.165, 1.54) is 13.0 Å². The molecular weight excluding hydrogens is 633 g/mol. The summed E-state index contributed by atoms with van der Waals surface area (Å²) in [7, 11) is 0. The number of nitrogens with two attached hydrogens (primary N) is 1. The van der Waals surface area contributed by atoms with Crippen molar-refractivity contribution in [2.75, 3.05) is 31.1 Å². The summed E-state index contributed by atoms with van der Waals surface area (Å²) in [5, 5.41) is 0. The first-order valence-corrected chi connectivity index (χ1v) is 14.6. The van der Waals surface area contributed by atoms with Gasteiger partial charge in [-0.3, -0.25) is 23.8 Å². The summed E-state index contributed by atoms with van der Waals surface area (Å²) in [6.07, 6.45) is -8.31. The molecule has 1 aliphatic heterocycles. The van der Waals surface area contributed by atoms with Gasteiger partial charge < -0.3 is 10.6 Å². The molecule has 0 unspecified atom stereocenters. The number of alkyl halides is 6. The quantitative estimate of drug-likeness (QED) is 0.268. The Kier molecular flexibility index (Phi) is 9.59. The van der Waals surface area contributed by atoms with Crippen LogP contribution in [0.2, 0.25) is 0 Å². The average molecular weight is 665 g/mol. The molecule has 1 fully saturated rings. The van der Waals surface area contributed by atoms with Gasteiger partial charge in [-0.15, -0.1) is 0 Å². The molecule has 1 saturated heterocycles. The maximum absolute atomic E-state index is 14.9. The number of hydrogen-bond donors (Lipinski definition) is 1. The number of benzene rings is 2. The molecule has 47 heavy (non-hydrogen) atoms. The fraction of sp³-hybridized carbons (Fsp3) is 0.344. The molecule has 15 heteroatoms. The van der Waals surface area contributed by atoms with E-state index in [1.54, 1.807) is 35.2 Å². The minimum absolute atomic E-state index is 0.0568. The first-order chi connectivity index (χ1) is 22.1. The molecule has 5 rings (SSSR count). The fourth-order valence-electron chi connectivity index (χ4n) is 5.72. The monoisotopic (exact) mass is 664 g/mol. The molecule has 2 N–H and O–H groups in total. The van der Waals surface area contributed by atoms with Gasteiger partial charge in [0.1, 0.15) is 17.2 Å². The van der Waals surface area contributed by atoms with Crippen molar-refractivity contribution in [3.05, 3.63) is 127 Å². The van der Waals surface area contributed by atoms with Gasteiger partial charge >= 0.3 is 18.0 Å². The molecule has 2 aromatic carbocycles. The number of nitrogens with zero attached hydrogens (tertiary/aromatic N) is 5. The highest BCUT2D eigenvalue weighted by atomic mass is 19.4. The van der Waals surface area contributed by atoms with E-state index in [2.05, 4.69) is 4.98 Å². The van der Waals surface area contributed by atoms with Crippen molar-refractivity contribution in [3.63, 3.8) is 0 Å². The smallest absolute Gasteiger partial charge is 0.363 e. The summed E-state index contributed by atoms with van der Waals surface area (Å²) in [6, 6.07) is 12.6. The predicted octanol–water partition coefficient (Wildman–Crippen LogP) is 4.96. The summed E-state index contributed by atoms with van der Waals surface area (Å²) >= 11 is 0. The average Bonchev–Trinajstić information content (AvgIpc) is 3.02. The van der Waals surface area contributed by atoms with Crippen LogP contribution in [0.5, 0.6) is 0 Å². The molecule has 250 valence electrons. The molecule has 0 bridgehead atoms. The zero-order chi connectivity index (χ0) is 34.1. The van der Waals surface area contributed by atoms with E-state index in [0.29, 0.717) is 30.8 Å². The minimum atomic E-state index is -4.90. The lowest BCUT2D eigenvalue weighted by molar-refractivity contribution is -0.141. The molecule has 3 heterocycles. The van der Waals surface area contributed by atoms with Gasteiger partial charge in [0.2, 0.25) is 0 Å². The van der Waals surface area contributed by atoms with Crippen molar-refractivity contribution >= 4 is 5.69 Å². The Morgan fingerprint density at radius 3 is 2.11 bits per heavy atom. The maximum atomic E-state index is 14.9. The second-order valence-corrected chi connectivity index (χ2v) is 11.3. The lowest BCUT2D eigenvalue weighted by Gasteiger charge is -2.37. The SMILES string of the molecule is Cc1c(N2CCN(Cc3ccc(C(F)(F)F)nc3)CC2)c(=O)n(C[C@@H](N)c2ccccc2)c(=O)n1Cc1c(F)cccc1C(F)(F)F. The van der Waals surface area contributed by atoms with Gasteiger partial charge in [-0.2, -0.15) is 26.3 Å². The van der Waals surface area contributed by atoms with Crippen LogP contribution in [0.25, 0.3) is 0 Å². The molecule has 4 aromatic rings. The van der Waals surface area contributed by atoms with Crippen LogP contribution in [-0.4, -0.2) is 45.2 Å². The molecule has 1 atom stereocenters. The first-order valence-electron chi connectivity index (χ1n) is 14.6. The number of pyridine rings is 1. The van der Waals surface area contributed by atoms with Crippen LogP contribution in [0.4, 0.5) is 36.4 Å². The van der Waals surface area contributed by atoms with Gasteiger partial charge in [-0.25, -0.2) is 9.18 Å². The zero-order valence-electron chi connectivity index (χ0n) is 25.2. The van der Waals surface area contributed by atoms with E-state index < -0.39 is 58.8 Å². The standard InChI is InChI=1S/C32H31F7N6O2/c1-20-28(43-14-12-42(13-15-43)17-21-10-11-27(41-16-21)32(37,38)39)29(46)45(19-26(40)22-6-3-2-4-7-22)30(47)44(20)18-23-24(31(34,35)36)8-5-9-25(23)33/h2-11,16,26H,12-15,17-19,40H2,1H3/t26-/m1/s1. The molecule has 1 aliphatic rings. The van der Waals surface area contributed by atoms with Crippen molar-refractivity contribution in [1.29, 1.82) is 0 Å². The van der Waals surface area contributed by atoms with Gasteiger partial charge in [-0.05, 0) is 36.2 Å². The second kappa shape index (κ2) is 13.3. The Bertz CT molecular complexity index is 1830. The number of piperazine rings is 1. The van der Waals surface area contributed by atoms with Gasteiger partial charge in [0.05, 0.1) is 18.7 Å². The third kappa shape index (κ3) is 7.41. The third-order valence-corrected chi connectivity index (χ3v) is 8.21. The van der Waals surface area contributed by atoms with Crippen LogP contribution in [0, 0.1) is 12.7 Å². The number of hydrogen-bond acceptors (Lipinski definition) is 6. The Morgan fingerprint density at radius 2 is 1.51 bits per heavy atom. The minimum Gasteiger partial charge on any atom is -0.363 e. The summed E-state index contributed by atoms with van der Waals surface area (Å²) in [4.78, 5) is 34.9. The van der Waals surface area contributed by atoms with Crippen LogP contribution in [-0.2, 0) is 32.0 Å².